The van der Waals surface area contributed by atoms with Crippen molar-refractivity contribution in [3.8, 4) is 0 Å². The number of furan rings is 1. The Morgan fingerprint density at radius 1 is 1.62 bits per heavy atom. The van der Waals surface area contributed by atoms with Crippen LogP contribution in [-0.4, -0.2) is 6.54 Å². The molecule has 1 aromatic rings. The molecule has 2 N–H and O–H groups in total. The molecule has 2 heteroatoms. The molecule has 0 aromatic carbocycles. The second-order valence-corrected chi connectivity index (χ2v) is 4.59. The van der Waals surface area contributed by atoms with Crippen LogP contribution < -0.4 is 5.73 Å². The molecule has 2 nitrogen and oxygen atoms in total. The smallest absolute Gasteiger partial charge is 0.111 e. The van der Waals surface area contributed by atoms with Gasteiger partial charge in [0, 0.05) is 12.5 Å². The lowest BCUT2D eigenvalue weighted by molar-refractivity contribution is 0.218. The summed E-state index contributed by atoms with van der Waals surface area (Å²) >= 11 is 0. The van der Waals surface area contributed by atoms with Crippen LogP contribution >= 0.6 is 0 Å². The molecular weight excluding hydrogens is 162 g/mol. The first-order valence-corrected chi connectivity index (χ1v) is 4.91. The second kappa shape index (κ2) is 2.88. The third kappa shape index (κ3) is 1.29. The van der Waals surface area contributed by atoms with Crippen molar-refractivity contribution in [3.63, 3.8) is 0 Å². The van der Waals surface area contributed by atoms with Crippen molar-refractivity contribution in [2.45, 2.75) is 32.6 Å². The van der Waals surface area contributed by atoms with Crippen molar-refractivity contribution in [2.75, 3.05) is 6.54 Å². The summed E-state index contributed by atoms with van der Waals surface area (Å²) in [6.45, 7) is 5.24. The van der Waals surface area contributed by atoms with E-state index in [0.29, 0.717) is 17.9 Å². The summed E-state index contributed by atoms with van der Waals surface area (Å²) in [7, 11) is 0. The number of nitrogens with two attached hydrogens (primary N) is 1. The molecule has 0 radical (unpaired) electrons. The Kier molecular flexibility index (Phi) is 1.95. The summed E-state index contributed by atoms with van der Waals surface area (Å²) in [5, 5.41) is 0. The number of hydrogen-bond acceptors (Lipinski definition) is 2. The Morgan fingerprint density at radius 3 is 3.08 bits per heavy atom. The van der Waals surface area contributed by atoms with Crippen molar-refractivity contribution in [2.24, 2.45) is 11.1 Å². The van der Waals surface area contributed by atoms with Crippen molar-refractivity contribution >= 4 is 0 Å². The molecule has 0 saturated heterocycles. The molecule has 1 unspecified atom stereocenters. The SMILES string of the molecule is CC1(C)CCc2ccoc2C1CN. The van der Waals surface area contributed by atoms with Crippen LogP contribution in [-0.2, 0) is 6.42 Å². The van der Waals surface area contributed by atoms with Crippen LogP contribution in [0.15, 0.2) is 16.7 Å². The lowest BCUT2D eigenvalue weighted by Gasteiger charge is -2.36. The maximum Gasteiger partial charge on any atom is 0.111 e. The van der Waals surface area contributed by atoms with Gasteiger partial charge in [0.2, 0.25) is 0 Å². The monoisotopic (exact) mass is 179 g/mol. The van der Waals surface area contributed by atoms with Crippen LogP contribution in [0.3, 0.4) is 0 Å². The van der Waals surface area contributed by atoms with Crippen LogP contribution in [0.5, 0.6) is 0 Å². The molecule has 0 spiro atoms. The molecule has 1 aliphatic rings. The van der Waals surface area contributed by atoms with Crippen molar-refractivity contribution in [1.82, 2.24) is 0 Å². The number of hydrogen-bond donors (Lipinski definition) is 1. The minimum absolute atomic E-state index is 0.291. The molecule has 1 aliphatic carbocycles. The molecule has 13 heavy (non-hydrogen) atoms. The van der Waals surface area contributed by atoms with E-state index in [0.717, 1.165) is 12.2 Å². The fourth-order valence-corrected chi connectivity index (χ4v) is 2.27. The van der Waals surface area contributed by atoms with Gasteiger partial charge in [0.15, 0.2) is 0 Å². The van der Waals surface area contributed by atoms with Gasteiger partial charge in [-0.3, -0.25) is 0 Å². The zero-order valence-electron chi connectivity index (χ0n) is 8.34. The Bertz CT molecular complexity index is 301. The molecule has 0 bridgehead atoms. The Morgan fingerprint density at radius 2 is 2.38 bits per heavy atom. The van der Waals surface area contributed by atoms with Gasteiger partial charge in [-0.2, -0.15) is 0 Å². The molecule has 0 amide bonds. The van der Waals surface area contributed by atoms with Crippen LogP contribution in [0.1, 0.15) is 37.5 Å². The highest BCUT2D eigenvalue weighted by molar-refractivity contribution is 5.26. The van der Waals surface area contributed by atoms with Gasteiger partial charge in [-0.25, -0.2) is 0 Å². The van der Waals surface area contributed by atoms with E-state index in [9.17, 15) is 0 Å². The van der Waals surface area contributed by atoms with Gasteiger partial charge in [-0.05, 0) is 29.9 Å². The van der Waals surface area contributed by atoms with Crippen LogP contribution in [0.4, 0.5) is 0 Å². The summed E-state index contributed by atoms with van der Waals surface area (Å²) in [6, 6.07) is 2.08. The van der Waals surface area contributed by atoms with E-state index in [1.807, 2.05) is 0 Å². The van der Waals surface area contributed by atoms with Crippen molar-refractivity contribution in [3.05, 3.63) is 23.7 Å². The molecule has 0 fully saturated rings. The predicted octanol–water partition coefficient (Wildman–Crippen LogP) is 2.29. The van der Waals surface area contributed by atoms with Crippen molar-refractivity contribution in [1.29, 1.82) is 0 Å². The zero-order valence-corrected chi connectivity index (χ0v) is 8.34. The first kappa shape index (κ1) is 8.82. The molecule has 1 aromatic heterocycles. The summed E-state index contributed by atoms with van der Waals surface area (Å²) in [5.41, 5.74) is 7.44. The van der Waals surface area contributed by atoms with E-state index in [-0.39, 0.29) is 0 Å². The first-order chi connectivity index (χ1) is 6.15. The zero-order chi connectivity index (χ0) is 9.47. The molecular formula is C11H17NO. The third-order valence-electron chi connectivity index (χ3n) is 3.31. The minimum Gasteiger partial charge on any atom is -0.469 e. The average molecular weight is 179 g/mol. The Balaban J connectivity index is 2.41. The van der Waals surface area contributed by atoms with E-state index in [1.165, 1.54) is 12.0 Å². The number of rotatable bonds is 1. The van der Waals surface area contributed by atoms with Gasteiger partial charge in [0.1, 0.15) is 5.76 Å². The Labute approximate surface area is 79.1 Å². The lowest BCUT2D eigenvalue weighted by Crippen LogP contribution is -2.32. The van der Waals surface area contributed by atoms with E-state index in [1.54, 1.807) is 6.26 Å². The largest absolute Gasteiger partial charge is 0.469 e. The highest BCUT2D eigenvalue weighted by Gasteiger charge is 2.36. The summed E-state index contributed by atoms with van der Waals surface area (Å²) in [4.78, 5) is 0. The minimum atomic E-state index is 0.291. The fourth-order valence-electron chi connectivity index (χ4n) is 2.27. The van der Waals surface area contributed by atoms with Gasteiger partial charge in [0.05, 0.1) is 6.26 Å². The normalized spacial score (nSPS) is 25.6. The standard InChI is InChI=1S/C11H17NO/c1-11(2)5-3-8-4-6-13-10(8)9(11)7-12/h4,6,9H,3,5,7,12H2,1-2H3. The van der Waals surface area contributed by atoms with E-state index in [4.69, 9.17) is 10.2 Å². The molecule has 72 valence electrons. The number of fused-ring (bicyclic) bond motifs is 1. The topological polar surface area (TPSA) is 39.2 Å². The highest BCUT2D eigenvalue weighted by atomic mass is 16.3. The van der Waals surface area contributed by atoms with Crippen LogP contribution in [0.2, 0.25) is 0 Å². The highest BCUT2D eigenvalue weighted by Crippen LogP contribution is 2.44. The van der Waals surface area contributed by atoms with Crippen LogP contribution in [0, 0.1) is 5.41 Å². The molecule has 1 heterocycles. The second-order valence-electron chi connectivity index (χ2n) is 4.59. The predicted molar refractivity (Wildman–Crippen MR) is 52.6 cm³/mol. The van der Waals surface area contributed by atoms with E-state index < -0.39 is 0 Å². The summed E-state index contributed by atoms with van der Waals surface area (Å²) in [6.07, 6.45) is 4.13. The average Bonchev–Trinajstić information content (AvgIpc) is 2.50. The van der Waals surface area contributed by atoms with Gasteiger partial charge in [-0.1, -0.05) is 13.8 Å². The summed E-state index contributed by atoms with van der Waals surface area (Å²) in [5.74, 6) is 1.52. The maximum absolute atomic E-state index is 5.79. The van der Waals surface area contributed by atoms with Crippen LogP contribution in [0.25, 0.3) is 0 Å². The van der Waals surface area contributed by atoms with Gasteiger partial charge < -0.3 is 10.2 Å². The van der Waals surface area contributed by atoms with E-state index >= 15 is 0 Å². The maximum atomic E-state index is 5.79. The number of aryl methyl sites for hydroxylation is 1. The van der Waals surface area contributed by atoms with Crippen molar-refractivity contribution < 1.29 is 4.42 Å². The third-order valence-corrected chi connectivity index (χ3v) is 3.31. The Hall–Kier alpha value is -0.760. The molecule has 0 saturated carbocycles. The quantitative estimate of drug-likeness (QED) is 0.718. The van der Waals surface area contributed by atoms with Gasteiger partial charge in [-0.15, -0.1) is 0 Å². The molecule has 2 rings (SSSR count). The summed E-state index contributed by atoms with van der Waals surface area (Å²) < 4.78 is 5.52. The van der Waals surface area contributed by atoms with E-state index in [2.05, 4.69) is 19.9 Å². The molecule has 0 aliphatic heterocycles. The first-order valence-electron chi connectivity index (χ1n) is 4.91. The van der Waals surface area contributed by atoms with Gasteiger partial charge in [0.25, 0.3) is 0 Å². The lowest BCUT2D eigenvalue weighted by atomic mass is 9.69. The fraction of sp³-hybridized carbons (Fsp3) is 0.636. The van der Waals surface area contributed by atoms with Gasteiger partial charge >= 0.3 is 0 Å². The molecule has 1 atom stereocenters.